The summed E-state index contributed by atoms with van der Waals surface area (Å²) in [5.74, 6) is 0. The topological polar surface area (TPSA) is 25.8 Å². The third-order valence-electron chi connectivity index (χ3n) is 1.13. The van der Waals surface area contributed by atoms with Crippen molar-refractivity contribution in [2.45, 2.75) is 0 Å². The molecule has 0 radical (unpaired) electrons. The van der Waals surface area contributed by atoms with Crippen LogP contribution >= 0.6 is 0 Å². The Morgan fingerprint density at radius 2 is 0.800 bits per heavy atom. The van der Waals surface area contributed by atoms with Gasteiger partial charge in [-0.05, 0) is 24.3 Å². The fourth-order valence-electron chi connectivity index (χ4n) is 0.625. The van der Waals surface area contributed by atoms with Crippen LogP contribution in [0.5, 0.6) is 0 Å². The Hall–Kier alpha value is -0.432. The SMILES string of the molecule is [Cl-].[Cl-].[H+].[H+].[Pt].c1ccncc1.c1ccncc1. The summed E-state index contributed by atoms with van der Waals surface area (Å²) in [6.45, 7) is 0. The molecule has 0 spiro atoms. The van der Waals surface area contributed by atoms with E-state index in [9.17, 15) is 0 Å². The minimum atomic E-state index is 0. The van der Waals surface area contributed by atoms with Crippen molar-refractivity contribution in [2.75, 3.05) is 0 Å². The van der Waals surface area contributed by atoms with E-state index in [-0.39, 0.29) is 48.7 Å². The van der Waals surface area contributed by atoms with Gasteiger partial charge in [-0.15, -0.1) is 0 Å². The van der Waals surface area contributed by atoms with Gasteiger partial charge in [0.15, 0.2) is 0 Å². The smallest absolute Gasteiger partial charge is 1.00 e. The Labute approximate surface area is 120 Å². The number of halogens is 2. The van der Waals surface area contributed by atoms with Gasteiger partial charge in [0.2, 0.25) is 0 Å². The molecule has 2 heterocycles. The first kappa shape index (κ1) is 20.0. The second kappa shape index (κ2) is 16.0. The van der Waals surface area contributed by atoms with Gasteiger partial charge in [0.05, 0.1) is 0 Å². The molecule has 0 saturated carbocycles. The summed E-state index contributed by atoms with van der Waals surface area (Å²) >= 11 is 0. The van der Waals surface area contributed by atoms with Crippen molar-refractivity contribution in [3.63, 3.8) is 0 Å². The molecular formula is C10H12Cl2N2Pt. The Balaban J connectivity index is -0.0000000436. The molecule has 15 heavy (non-hydrogen) atoms. The molecular weight excluding hydrogens is 414 g/mol. The average Bonchev–Trinajstić information content (AvgIpc) is 2.24. The first-order valence-electron chi connectivity index (χ1n) is 3.70. The molecule has 0 aliphatic heterocycles. The van der Waals surface area contributed by atoms with Gasteiger partial charge in [-0.3, -0.25) is 9.97 Å². The maximum Gasteiger partial charge on any atom is 1.00 e. The van der Waals surface area contributed by atoms with Gasteiger partial charge in [0.1, 0.15) is 0 Å². The second-order valence-corrected chi connectivity index (χ2v) is 2.05. The number of hydrogen-bond donors (Lipinski definition) is 0. The van der Waals surface area contributed by atoms with Gasteiger partial charge in [-0.2, -0.15) is 0 Å². The summed E-state index contributed by atoms with van der Waals surface area (Å²) in [7, 11) is 0. The van der Waals surface area contributed by atoms with E-state index in [1.807, 2.05) is 36.4 Å². The van der Waals surface area contributed by atoms with Crippen LogP contribution in [0.3, 0.4) is 0 Å². The summed E-state index contributed by atoms with van der Waals surface area (Å²) in [6, 6.07) is 11.4. The number of rotatable bonds is 0. The van der Waals surface area contributed by atoms with E-state index < -0.39 is 0 Å². The fourth-order valence-corrected chi connectivity index (χ4v) is 0.625. The van der Waals surface area contributed by atoms with E-state index >= 15 is 0 Å². The van der Waals surface area contributed by atoms with Crippen LogP contribution in [0.4, 0.5) is 0 Å². The first-order chi connectivity index (χ1) is 6.00. The summed E-state index contributed by atoms with van der Waals surface area (Å²) in [4.78, 5) is 7.57. The van der Waals surface area contributed by atoms with Crippen LogP contribution in [0.15, 0.2) is 61.2 Å². The van der Waals surface area contributed by atoms with Crippen molar-refractivity contribution in [3.05, 3.63) is 61.2 Å². The van der Waals surface area contributed by atoms with Gasteiger partial charge in [0, 0.05) is 45.9 Å². The summed E-state index contributed by atoms with van der Waals surface area (Å²) in [5.41, 5.74) is 0. The molecule has 2 aromatic rings. The Morgan fingerprint density at radius 3 is 0.867 bits per heavy atom. The molecule has 2 aromatic heterocycles. The molecule has 0 atom stereocenters. The van der Waals surface area contributed by atoms with Crippen molar-refractivity contribution in [3.8, 4) is 0 Å². The number of nitrogens with zero attached hydrogens (tertiary/aromatic N) is 2. The van der Waals surface area contributed by atoms with Gasteiger partial charge < -0.3 is 24.8 Å². The summed E-state index contributed by atoms with van der Waals surface area (Å²) in [6.07, 6.45) is 7.00. The number of pyridine rings is 2. The molecule has 0 unspecified atom stereocenters. The van der Waals surface area contributed by atoms with E-state index in [2.05, 4.69) is 9.97 Å². The van der Waals surface area contributed by atoms with Gasteiger partial charge in [-0.1, -0.05) is 12.1 Å². The first-order valence-corrected chi connectivity index (χ1v) is 3.70. The standard InChI is InChI=1S/2C5H5N.2ClH.Pt/c2*1-2-4-6-5-3-1;;;/h2*1-5H;2*1H;. The van der Waals surface area contributed by atoms with Crippen molar-refractivity contribution < 1.29 is 48.7 Å². The molecule has 0 amide bonds. The van der Waals surface area contributed by atoms with Crippen LogP contribution in [-0.4, -0.2) is 9.97 Å². The largest absolute Gasteiger partial charge is 1.00 e. The predicted molar refractivity (Wildman–Crippen MR) is 50.7 cm³/mol. The van der Waals surface area contributed by atoms with E-state index in [0.717, 1.165) is 0 Å². The van der Waals surface area contributed by atoms with Crippen LogP contribution < -0.4 is 24.8 Å². The molecule has 0 aromatic carbocycles. The number of aromatic nitrogens is 2. The van der Waals surface area contributed by atoms with E-state index in [4.69, 9.17) is 0 Å². The Bertz CT molecular complexity index is 206. The maximum atomic E-state index is 3.78. The quantitative estimate of drug-likeness (QED) is 0.435. The minimum Gasteiger partial charge on any atom is -1.00 e. The maximum absolute atomic E-state index is 3.78. The molecule has 2 rings (SSSR count). The molecule has 0 bridgehead atoms. The molecule has 2 nitrogen and oxygen atoms in total. The zero-order valence-corrected chi connectivity index (χ0v) is 11.5. The molecule has 86 valence electrons. The summed E-state index contributed by atoms with van der Waals surface area (Å²) in [5, 5.41) is 0. The van der Waals surface area contributed by atoms with Crippen LogP contribution in [0.25, 0.3) is 0 Å². The molecule has 0 saturated heterocycles. The molecule has 0 N–H and O–H groups in total. The monoisotopic (exact) mass is 425 g/mol. The molecule has 0 fully saturated rings. The molecule has 5 heteroatoms. The van der Waals surface area contributed by atoms with Crippen LogP contribution in [-0.2, 0) is 21.1 Å². The third kappa shape index (κ3) is 13.6. The van der Waals surface area contributed by atoms with Gasteiger partial charge >= 0.3 is 2.85 Å². The van der Waals surface area contributed by atoms with Crippen molar-refractivity contribution in [1.29, 1.82) is 0 Å². The van der Waals surface area contributed by atoms with E-state index in [0.29, 0.717) is 0 Å². The normalized spacial score (nSPS) is 6.40. The Morgan fingerprint density at radius 1 is 0.533 bits per heavy atom. The van der Waals surface area contributed by atoms with E-state index in [1.165, 1.54) is 0 Å². The zero-order valence-electron chi connectivity index (χ0n) is 9.74. The van der Waals surface area contributed by atoms with Gasteiger partial charge in [-0.25, -0.2) is 0 Å². The Kier molecular flexibility index (Phi) is 21.4. The fraction of sp³-hybridized carbons (Fsp3) is 0. The van der Waals surface area contributed by atoms with Crippen LogP contribution in [0, 0.1) is 0 Å². The summed E-state index contributed by atoms with van der Waals surface area (Å²) < 4.78 is 0. The molecule has 0 aliphatic carbocycles. The van der Waals surface area contributed by atoms with Gasteiger partial charge in [0.25, 0.3) is 0 Å². The van der Waals surface area contributed by atoms with Crippen LogP contribution in [0.2, 0.25) is 0 Å². The molecule has 0 aliphatic rings. The number of hydrogen-bond acceptors (Lipinski definition) is 2. The zero-order chi connectivity index (χ0) is 8.49. The average molecular weight is 426 g/mol. The van der Waals surface area contributed by atoms with Crippen molar-refractivity contribution in [2.24, 2.45) is 0 Å². The second-order valence-electron chi connectivity index (χ2n) is 2.05. The van der Waals surface area contributed by atoms with Crippen molar-refractivity contribution in [1.82, 2.24) is 9.97 Å². The van der Waals surface area contributed by atoms with Crippen LogP contribution in [0.1, 0.15) is 2.85 Å². The van der Waals surface area contributed by atoms with E-state index in [1.54, 1.807) is 24.8 Å². The minimum absolute atomic E-state index is 0. The third-order valence-corrected chi connectivity index (χ3v) is 1.13. The predicted octanol–water partition coefficient (Wildman–Crippen LogP) is -3.61. The van der Waals surface area contributed by atoms with Crippen molar-refractivity contribution >= 4 is 0 Å².